The van der Waals surface area contributed by atoms with Gasteiger partial charge >= 0.3 is 0 Å². The Morgan fingerprint density at radius 2 is 2.00 bits per heavy atom. The summed E-state index contributed by atoms with van der Waals surface area (Å²) in [5.41, 5.74) is 1.44. The van der Waals surface area contributed by atoms with Crippen molar-refractivity contribution in [2.24, 2.45) is 5.92 Å². The second-order valence-corrected chi connectivity index (χ2v) is 6.34. The normalized spacial score (nSPS) is 12.6. The number of aromatic nitrogens is 1. The Hall–Kier alpha value is -2.18. The summed E-state index contributed by atoms with van der Waals surface area (Å²) in [5, 5.41) is 15.9. The molecule has 6 heteroatoms. The first-order valence-electron chi connectivity index (χ1n) is 8.09. The Kier molecular flexibility index (Phi) is 6.52. The maximum Gasteiger partial charge on any atom is 0.273 e. The summed E-state index contributed by atoms with van der Waals surface area (Å²) in [5.74, 6) is 0.439. The number of nitrogens with one attached hydrogen (secondary N) is 1. The van der Waals surface area contributed by atoms with Crippen LogP contribution in [0.5, 0.6) is 0 Å². The molecule has 0 aliphatic heterocycles. The quantitative estimate of drug-likeness (QED) is 0.774. The van der Waals surface area contributed by atoms with Crippen molar-refractivity contribution in [2.75, 3.05) is 13.7 Å². The summed E-state index contributed by atoms with van der Waals surface area (Å²) < 4.78 is 5.25. The lowest BCUT2D eigenvalue weighted by Gasteiger charge is -2.18. The maximum atomic E-state index is 12.2. The first-order chi connectivity index (χ1) is 11.5. The average Bonchev–Trinajstić information content (AvgIpc) is 3.01. The van der Waals surface area contributed by atoms with Crippen LogP contribution in [0.25, 0.3) is 0 Å². The predicted octanol–water partition coefficient (Wildman–Crippen LogP) is 2.05. The number of hydrogen-bond donors (Lipinski definition) is 2. The van der Waals surface area contributed by atoms with Crippen molar-refractivity contribution < 1.29 is 14.4 Å². The minimum Gasteiger partial charge on any atom is -0.394 e. The largest absolute Gasteiger partial charge is 0.394 e. The molecule has 0 unspecified atom stereocenters. The zero-order valence-corrected chi connectivity index (χ0v) is 14.4. The van der Waals surface area contributed by atoms with E-state index in [4.69, 9.17) is 4.52 Å². The molecule has 0 saturated heterocycles. The molecule has 24 heavy (non-hydrogen) atoms. The molecular formula is C18H25N3O3. The zero-order valence-electron chi connectivity index (χ0n) is 14.4. The lowest BCUT2D eigenvalue weighted by atomic mass is 10.1. The van der Waals surface area contributed by atoms with Gasteiger partial charge in [0.15, 0.2) is 11.5 Å². The second-order valence-electron chi connectivity index (χ2n) is 6.34. The Morgan fingerprint density at radius 1 is 1.29 bits per heavy atom. The van der Waals surface area contributed by atoms with Gasteiger partial charge in [0.1, 0.15) is 0 Å². The molecule has 0 aliphatic carbocycles. The van der Waals surface area contributed by atoms with E-state index in [1.54, 1.807) is 6.07 Å². The summed E-state index contributed by atoms with van der Waals surface area (Å²) in [7, 11) is 1.98. The topological polar surface area (TPSA) is 78.6 Å². The third kappa shape index (κ3) is 5.18. The van der Waals surface area contributed by atoms with Gasteiger partial charge < -0.3 is 14.9 Å². The molecule has 2 rings (SSSR count). The molecule has 1 amide bonds. The smallest absolute Gasteiger partial charge is 0.273 e. The lowest BCUT2D eigenvalue weighted by Crippen LogP contribution is -2.41. The lowest BCUT2D eigenvalue weighted by molar-refractivity contribution is 0.0887. The van der Waals surface area contributed by atoms with Crippen molar-refractivity contribution >= 4 is 5.91 Å². The molecule has 1 atom stereocenters. The summed E-state index contributed by atoms with van der Waals surface area (Å²) in [6, 6.07) is 11.5. The van der Waals surface area contributed by atoms with Crippen LogP contribution in [-0.2, 0) is 13.1 Å². The number of carbonyl (C=O) groups excluding carboxylic acids is 1. The highest BCUT2D eigenvalue weighted by Gasteiger charge is 2.19. The minimum atomic E-state index is -0.330. The number of aliphatic hydroxyl groups is 1. The molecule has 130 valence electrons. The highest BCUT2D eigenvalue weighted by atomic mass is 16.5. The van der Waals surface area contributed by atoms with Gasteiger partial charge in [0, 0.05) is 12.6 Å². The van der Waals surface area contributed by atoms with Gasteiger partial charge in [0.2, 0.25) is 0 Å². The van der Waals surface area contributed by atoms with Gasteiger partial charge in [0.25, 0.3) is 5.91 Å². The molecule has 0 saturated carbocycles. The maximum absolute atomic E-state index is 12.2. The van der Waals surface area contributed by atoms with Crippen LogP contribution >= 0.6 is 0 Å². The molecule has 6 nitrogen and oxygen atoms in total. The summed E-state index contributed by atoms with van der Waals surface area (Å²) in [6.45, 7) is 5.11. The van der Waals surface area contributed by atoms with E-state index in [1.807, 2.05) is 39.1 Å². The van der Waals surface area contributed by atoms with Crippen LogP contribution in [0, 0.1) is 5.92 Å². The zero-order chi connectivity index (χ0) is 17.5. The molecule has 0 fully saturated rings. The number of amides is 1. The third-order valence-electron chi connectivity index (χ3n) is 3.83. The van der Waals surface area contributed by atoms with Crippen LogP contribution < -0.4 is 5.32 Å². The van der Waals surface area contributed by atoms with E-state index in [1.165, 1.54) is 5.56 Å². The van der Waals surface area contributed by atoms with E-state index in [0.29, 0.717) is 12.3 Å². The highest BCUT2D eigenvalue weighted by molar-refractivity contribution is 5.92. The molecule has 0 bridgehead atoms. The van der Waals surface area contributed by atoms with Gasteiger partial charge in [-0.25, -0.2) is 0 Å². The molecule has 1 heterocycles. The number of hydrogen-bond acceptors (Lipinski definition) is 5. The van der Waals surface area contributed by atoms with E-state index in [2.05, 4.69) is 27.5 Å². The van der Waals surface area contributed by atoms with Gasteiger partial charge in [-0.05, 0) is 18.5 Å². The second kappa shape index (κ2) is 8.61. The van der Waals surface area contributed by atoms with Crippen molar-refractivity contribution in [1.29, 1.82) is 0 Å². The van der Waals surface area contributed by atoms with Crippen LogP contribution in [0.3, 0.4) is 0 Å². The first-order valence-corrected chi connectivity index (χ1v) is 8.09. The van der Waals surface area contributed by atoms with E-state index in [9.17, 15) is 9.90 Å². The van der Waals surface area contributed by atoms with Crippen molar-refractivity contribution in [3.8, 4) is 0 Å². The van der Waals surface area contributed by atoms with Gasteiger partial charge in [-0.3, -0.25) is 9.69 Å². The number of rotatable bonds is 8. The van der Waals surface area contributed by atoms with Crippen molar-refractivity contribution in [3.05, 3.63) is 53.4 Å². The summed E-state index contributed by atoms with van der Waals surface area (Å²) >= 11 is 0. The fourth-order valence-electron chi connectivity index (χ4n) is 2.38. The molecular weight excluding hydrogens is 306 g/mol. The standard InChI is InChI=1S/C18H25N3O3/c1-13(2)17(12-22)19-18(23)16-9-15(24-20-16)11-21(3)10-14-7-5-4-6-8-14/h4-9,13,17,22H,10-12H2,1-3H3,(H,19,23)/t17-/m0/s1. The minimum absolute atomic E-state index is 0.103. The van der Waals surface area contributed by atoms with Crippen molar-refractivity contribution in [1.82, 2.24) is 15.4 Å². The third-order valence-corrected chi connectivity index (χ3v) is 3.83. The van der Waals surface area contributed by atoms with E-state index < -0.39 is 0 Å². The van der Waals surface area contributed by atoms with Crippen LogP contribution in [0.1, 0.15) is 35.7 Å². The molecule has 2 N–H and O–H groups in total. The van der Waals surface area contributed by atoms with Gasteiger partial charge in [-0.15, -0.1) is 0 Å². The van der Waals surface area contributed by atoms with Crippen LogP contribution in [-0.4, -0.2) is 40.8 Å². The molecule has 2 aromatic rings. The predicted molar refractivity (Wildman–Crippen MR) is 91.3 cm³/mol. The Morgan fingerprint density at radius 3 is 2.62 bits per heavy atom. The SMILES string of the molecule is CC(C)[C@H](CO)NC(=O)c1cc(CN(C)Cc2ccccc2)on1. The molecule has 1 aromatic heterocycles. The fraction of sp³-hybridized carbons (Fsp3) is 0.444. The Balaban J connectivity index is 1.91. The summed E-state index contributed by atoms with van der Waals surface area (Å²) in [4.78, 5) is 14.2. The first kappa shape index (κ1) is 18.2. The molecule has 0 radical (unpaired) electrons. The molecule has 0 spiro atoms. The van der Waals surface area contributed by atoms with Gasteiger partial charge in [-0.1, -0.05) is 49.3 Å². The Bertz CT molecular complexity index is 640. The van der Waals surface area contributed by atoms with Gasteiger partial charge in [-0.2, -0.15) is 0 Å². The fourth-order valence-corrected chi connectivity index (χ4v) is 2.38. The average molecular weight is 331 g/mol. The van der Waals surface area contributed by atoms with Crippen molar-refractivity contribution in [2.45, 2.75) is 33.0 Å². The number of carbonyl (C=O) groups is 1. The van der Waals surface area contributed by atoms with Gasteiger partial charge in [0.05, 0.1) is 19.2 Å². The van der Waals surface area contributed by atoms with Crippen LogP contribution in [0.4, 0.5) is 0 Å². The van der Waals surface area contributed by atoms with Crippen LogP contribution in [0.15, 0.2) is 40.9 Å². The van der Waals surface area contributed by atoms with E-state index in [-0.39, 0.29) is 30.2 Å². The number of benzene rings is 1. The van der Waals surface area contributed by atoms with Crippen molar-refractivity contribution in [3.63, 3.8) is 0 Å². The van der Waals surface area contributed by atoms with Crippen LogP contribution in [0.2, 0.25) is 0 Å². The molecule has 1 aromatic carbocycles. The molecule has 0 aliphatic rings. The van der Waals surface area contributed by atoms with E-state index >= 15 is 0 Å². The monoisotopic (exact) mass is 331 g/mol. The summed E-state index contributed by atoms with van der Waals surface area (Å²) in [6.07, 6.45) is 0. The highest BCUT2D eigenvalue weighted by Crippen LogP contribution is 2.10. The number of nitrogens with zero attached hydrogens (tertiary/aromatic N) is 2. The Labute approximate surface area is 142 Å². The number of aliphatic hydroxyl groups excluding tert-OH is 1. The van der Waals surface area contributed by atoms with E-state index in [0.717, 1.165) is 6.54 Å².